The molecule has 0 spiro atoms. The Morgan fingerprint density at radius 1 is 1.45 bits per heavy atom. The molecule has 1 atom stereocenters. The fraction of sp³-hybridized carbons (Fsp3) is 0.778. The van der Waals surface area contributed by atoms with Crippen molar-refractivity contribution < 1.29 is 10.2 Å². The van der Waals surface area contributed by atoms with E-state index < -0.39 is 6.10 Å². The average molecular weight is 158 g/mol. The fourth-order valence-corrected chi connectivity index (χ4v) is 1.03. The zero-order chi connectivity index (χ0) is 8.91. The van der Waals surface area contributed by atoms with E-state index in [1.165, 1.54) is 0 Å². The van der Waals surface area contributed by atoms with Gasteiger partial charge in [0.1, 0.15) is 0 Å². The van der Waals surface area contributed by atoms with Gasteiger partial charge in [0.05, 0.1) is 6.10 Å². The number of aliphatic hydroxyl groups excluding tert-OH is 2. The molecule has 0 radical (unpaired) electrons. The quantitative estimate of drug-likeness (QED) is 0.606. The van der Waals surface area contributed by atoms with Gasteiger partial charge in [-0.2, -0.15) is 0 Å². The summed E-state index contributed by atoms with van der Waals surface area (Å²) >= 11 is 0. The topological polar surface area (TPSA) is 40.5 Å². The van der Waals surface area contributed by atoms with Crippen molar-refractivity contribution in [3.8, 4) is 0 Å². The van der Waals surface area contributed by atoms with Crippen molar-refractivity contribution in [1.29, 1.82) is 0 Å². The smallest absolute Gasteiger partial charge is 0.0647 e. The van der Waals surface area contributed by atoms with Crippen LogP contribution in [0.15, 0.2) is 12.2 Å². The molecule has 0 aromatic heterocycles. The zero-order valence-electron chi connectivity index (χ0n) is 7.54. The van der Waals surface area contributed by atoms with Crippen LogP contribution in [-0.4, -0.2) is 22.9 Å². The van der Waals surface area contributed by atoms with Gasteiger partial charge in [0, 0.05) is 12.0 Å². The molecule has 2 N–H and O–H groups in total. The molecule has 0 aliphatic heterocycles. The van der Waals surface area contributed by atoms with Crippen LogP contribution >= 0.6 is 0 Å². The predicted octanol–water partition coefficient (Wildman–Crippen LogP) is 1.33. The van der Waals surface area contributed by atoms with E-state index in [-0.39, 0.29) is 12.0 Å². The minimum Gasteiger partial charge on any atom is -0.396 e. The molecule has 0 saturated heterocycles. The Kier molecular flexibility index (Phi) is 4.38. The van der Waals surface area contributed by atoms with Crippen molar-refractivity contribution in [1.82, 2.24) is 0 Å². The third-order valence-corrected chi connectivity index (χ3v) is 1.86. The normalized spacial score (nSPS) is 15.7. The Labute approximate surface area is 68.6 Å². The maximum Gasteiger partial charge on any atom is 0.0647 e. The molecule has 11 heavy (non-hydrogen) atoms. The molecule has 0 aliphatic rings. The molecule has 2 nitrogen and oxygen atoms in total. The number of allylic oxidation sites excluding steroid dienone is 1. The summed E-state index contributed by atoms with van der Waals surface area (Å²) in [6.07, 6.45) is 3.86. The largest absolute Gasteiger partial charge is 0.396 e. The van der Waals surface area contributed by atoms with E-state index in [0.29, 0.717) is 6.42 Å². The molecule has 0 fully saturated rings. The van der Waals surface area contributed by atoms with Gasteiger partial charge >= 0.3 is 0 Å². The summed E-state index contributed by atoms with van der Waals surface area (Å²) < 4.78 is 0. The second-order valence-electron chi connectivity index (χ2n) is 3.35. The van der Waals surface area contributed by atoms with Gasteiger partial charge < -0.3 is 10.2 Å². The summed E-state index contributed by atoms with van der Waals surface area (Å²) in [5.74, 6) is 0. The van der Waals surface area contributed by atoms with Crippen LogP contribution in [0, 0.1) is 5.41 Å². The first-order valence-corrected chi connectivity index (χ1v) is 3.97. The summed E-state index contributed by atoms with van der Waals surface area (Å²) in [4.78, 5) is 0. The zero-order valence-corrected chi connectivity index (χ0v) is 7.54. The third-order valence-electron chi connectivity index (χ3n) is 1.86. The molecule has 0 aromatic rings. The molecule has 0 unspecified atom stereocenters. The second-order valence-corrected chi connectivity index (χ2v) is 3.35. The highest BCUT2D eigenvalue weighted by molar-refractivity contribution is 4.96. The van der Waals surface area contributed by atoms with Crippen LogP contribution in [-0.2, 0) is 0 Å². The van der Waals surface area contributed by atoms with Crippen molar-refractivity contribution in [2.75, 3.05) is 6.61 Å². The van der Waals surface area contributed by atoms with Crippen molar-refractivity contribution in [2.45, 2.75) is 33.3 Å². The molecule has 0 aromatic carbocycles. The molecule has 0 heterocycles. The maximum atomic E-state index is 9.50. The van der Waals surface area contributed by atoms with Gasteiger partial charge in [-0.25, -0.2) is 0 Å². The Morgan fingerprint density at radius 2 is 2.00 bits per heavy atom. The van der Waals surface area contributed by atoms with Gasteiger partial charge in [-0.1, -0.05) is 26.0 Å². The molecule has 0 bridgehead atoms. The van der Waals surface area contributed by atoms with Crippen LogP contribution in [0.1, 0.15) is 27.2 Å². The van der Waals surface area contributed by atoms with Gasteiger partial charge in [0.25, 0.3) is 0 Å². The van der Waals surface area contributed by atoms with E-state index in [2.05, 4.69) is 0 Å². The summed E-state index contributed by atoms with van der Waals surface area (Å²) in [6, 6.07) is 0. The Morgan fingerprint density at radius 3 is 2.36 bits per heavy atom. The van der Waals surface area contributed by atoms with Gasteiger partial charge in [-0.15, -0.1) is 0 Å². The van der Waals surface area contributed by atoms with E-state index >= 15 is 0 Å². The third kappa shape index (κ3) is 3.54. The van der Waals surface area contributed by atoms with Crippen molar-refractivity contribution >= 4 is 0 Å². The van der Waals surface area contributed by atoms with Crippen LogP contribution in [0.5, 0.6) is 0 Å². The van der Waals surface area contributed by atoms with Gasteiger partial charge in [0.2, 0.25) is 0 Å². The number of hydrogen-bond acceptors (Lipinski definition) is 2. The van der Waals surface area contributed by atoms with Crippen LogP contribution in [0.4, 0.5) is 0 Å². The monoisotopic (exact) mass is 158 g/mol. The van der Waals surface area contributed by atoms with Gasteiger partial charge in [-0.05, 0) is 13.3 Å². The molecule has 0 aliphatic carbocycles. The van der Waals surface area contributed by atoms with Gasteiger partial charge in [-0.3, -0.25) is 0 Å². The summed E-state index contributed by atoms with van der Waals surface area (Å²) in [6.45, 7) is 5.87. The predicted molar refractivity (Wildman–Crippen MR) is 46.3 cm³/mol. The maximum absolute atomic E-state index is 9.50. The van der Waals surface area contributed by atoms with E-state index in [1.54, 1.807) is 0 Å². The number of rotatable bonds is 4. The fourth-order valence-electron chi connectivity index (χ4n) is 1.03. The van der Waals surface area contributed by atoms with Gasteiger partial charge in [0.15, 0.2) is 0 Å². The highest BCUT2D eigenvalue weighted by Crippen LogP contribution is 2.24. The summed E-state index contributed by atoms with van der Waals surface area (Å²) in [7, 11) is 0. The van der Waals surface area contributed by atoms with E-state index in [0.717, 1.165) is 0 Å². The highest BCUT2D eigenvalue weighted by atomic mass is 16.3. The first-order valence-electron chi connectivity index (χ1n) is 3.97. The standard InChI is InChI=1S/C9H18O2/c1-4-6-9(2,3)8(11)5-7-10/h4,6,8,10-11H,5,7H2,1-3H3/b6-4+/t8-/m0/s1. The van der Waals surface area contributed by atoms with Crippen molar-refractivity contribution in [3.05, 3.63) is 12.2 Å². The summed E-state index contributed by atoms with van der Waals surface area (Å²) in [5, 5.41) is 18.1. The Balaban J connectivity index is 4.05. The average Bonchev–Trinajstić information content (AvgIpc) is 1.88. The molecule has 2 heteroatoms. The highest BCUT2D eigenvalue weighted by Gasteiger charge is 2.23. The van der Waals surface area contributed by atoms with E-state index in [1.807, 2.05) is 32.9 Å². The molecule has 66 valence electrons. The molecule has 0 amide bonds. The molecular weight excluding hydrogens is 140 g/mol. The lowest BCUT2D eigenvalue weighted by molar-refractivity contribution is 0.0566. The molecule has 0 saturated carbocycles. The number of aliphatic hydroxyl groups is 2. The minimum absolute atomic E-state index is 0.0438. The number of hydrogen-bond donors (Lipinski definition) is 2. The van der Waals surface area contributed by atoms with Crippen LogP contribution in [0.2, 0.25) is 0 Å². The first kappa shape index (κ1) is 10.7. The minimum atomic E-state index is -0.455. The van der Waals surface area contributed by atoms with Crippen LogP contribution in [0.25, 0.3) is 0 Å². The molecular formula is C9H18O2. The second kappa shape index (κ2) is 4.52. The summed E-state index contributed by atoms with van der Waals surface area (Å²) in [5.41, 5.74) is -0.225. The SMILES string of the molecule is C/C=C/C(C)(C)[C@@H](O)CCO. The Hall–Kier alpha value is -0.340. The Bertz CT molecular complexity index is 128. The van der Waals surface area contributed by atoms with Crippen molar-refractivity contribution in [2.24, 2.45) is 5.41 Å². The molecule has 0 rings (SSSR count). The lowest BCUT2D eigenvalue weighted by atomic mass is 9.84. The lowest BCUT2D eigenvalue weighted by Gasteiger charge is -2.26. The van der Waals surface area contributed by atoms with Crippen molar-refractivity contribution in [3.63, 3.8) is 0 Å². The van der Waals surface area contributed by atoms with E-state index in [9.17, 15) is 5.11 Å². The van der Waals surface area contributed by atoms with E-state index in [4.69, 9.17) is 5.11 Å². The first-order chi connectivity index (χ1) is 5.04. The van der Waals surface area contributed by atoms with Crippen LogP contribution < -0.4 is 0 Å². The lowest BCUT2D eigenvalue weighted by Crippen LogP contribution is -2.28. The van der Waals surface area contributed by atoms with Crippen LogP contribution in [0.3, 0.4) is 0 Å².